The zero-order chi connectivity index (χ0) is 5.98. The largest absolute Gasteiger partial charge is 0.450 e. The molecule has 44 valence electrons. The van der Waals surface area contributed by atoms with Crippen molar-refractivity contribution in [2.45, 2.75) is 0 Å². The van der Waals surface area contributed by atoms with Gasteiger partial charge in [0.25, 0.3) is 0 Å². The highest BCUT2D eigenvalue weighted by atomic mass is 16.4. The Labute approximate surface area is 47.8 Å². The molecule has 0 spiro atoms. The lowest BCUT2D eigenvalue weighted by Gasteiger charge is -1.59. The van der Waals surface area contributed by atoms with Crippen LogP contribution in [0.3, 0.4) is 0 Å². The van der Waals surface area contributed by atoms with Crippen LogP contribution in [0.1, 0.15) is 0 Å². The van der Waals surface area contributed by atoms with Gasteiger partial charge in [-0.3, -0.25) is 0 Å². The molecule has 0 fully saturated rings. The van der Waals surface area contributed by atoms with Gasteiger partial charge >= 0.3 is 0 Å². The van der Waals surface area contributed by atoms with Crippen molar-refractivity contribution in [3.63, 3.8) is 0 Å². The van der Waals surface area contributed by atoms with Gasteiger partial charge in [0, 0.05) is 0 Å². The lowest BCUT2D eigenvalue weighted by molar-refractivity contribution is 0.651. The average molecular weight is 111 g/mol. The summed E-state index contributed by atoms with van der Waals surface area (Å²) in [4.78, 5) is 0. The number of nitrogens with one attached hydrogen (secondary N) is 1. The Hall–Kier alpha value is -0.760. The van der Waals surface area contributed by atoms with Crippen LogP contribution in [0.25, 0.3) is 0 Å². The van der Waals surface area contributed by atoms with Crippen molar-refractivity contribution in [2.75, 3.05) is 14.1 Å². The number of rotatable bonds is 0. The Morgan fingerprint density at radius 3 is 1.62 bits per heavy atom. The topological polar surface area (TPSA) is 25.2 Å². The summed E-state index contributed by atoms with van der Waals surface area (Å²) in [6.45, 7) is 0. The molecule has 0 bridgehead atoms. The maximum absolute atomic E-state index is 4.75. The normalized spacial score (nSPS) is 9.75. The summed E-state index contributed by atoms with van der Waals surface area (Å²) in [6.07, 6.45) is 0. The first-order valence-electron chi connectivity index (χ1n) is 2.57. The maximum atomic E-state index is 4.75. The molecule has 0 saturated heterocycles. The Morgan fingerprint density at radius 2 is 1.62 bits per heavy atom. The van der Waals surface area contributed by atoms with Crippen LogP contribution in [-0.2, 0) is 0 Å². The molecule has 0 unspecified atom stereocenters. The summed E-state index contributed by atoms with van der Waals surface area (Å²) in [7, 11) is 3.75. The van der Waals surface area contributed by atoms with E-state index in [9.17, 15) is 0 Å². The van der Waals surface area contributed by atoms with Crippen LogP contribution < -0.4 is 5.32 Å². The number of hydrogen-bond acceptors (Lipinski definition) is 2. The van der Waals surface area contributed by atoms with Crippen LogP contribution in [0.15, 0.2) is 16.5 Å². The molecule has 0 aromatic heterocycles. The van der Waals surface area contributed by atoms with Gasteiger partial charge in [0.2, 0.25) is 0 Å². The molecular formula is C6H9NO. The maximum Gasteiger partial charge on any atom is 0.170 e. The summed E-state index contributed by atoms with van der Waals surface area (Å²) in [5.41, 5.74) is 2.18. The van der Waals surface area contributed by atoms with Gasteiger partial charge in [0.1, 0.15) is 0 Å². The van der Waals surface area contributed by atoms with Crippen LogP contribution in [0.4, 0.5) is 0 Å². The first kappa shape index (κ1) is 5.38. The first-order chi connectivity index (χ1) is 3.88. The van der Waals surface area contributed by atoms with E-state index in [0.29, 0.717) is 0 Å². The van der Waals surface area contributed by atoms with E-state index in [1.165, 1.54) is 0 Å². The molecule has 2 nitrogen and oxygen atoms in total. The minimum Gasteiger partial charge on any atom is -0.450 e. The second-order valence-corrected chi connectivity index (χ2v) is 1.66. The molecule has 0 radical (unpaired) electrons. The van der Waals surface area contributed by atoms with Crippen LogP contribution >= 0.6 is 0 Å². The third-order valence-corrected chi connectivity index (χ3v) is 0.807. The van der Waals surface area contributed by atoms with E-state index in [0.717, 1.165) is 10.8 Å². The predicted octanol–water partition coefficient (Wildman–Crippen LogP) is 0.716. The second kappa shape index (κ2) is 2.01. The SMILES string of the molecule is CNC.c1cc2oc1=2. The van der Waals surface area contributed by atoms with Gasteiger partial charge in [-0.15, -0.1) is 0 Å². The highest BCUT2D eigenvalue weighted by molar-refractivity contribution is 5.05. The molecule has 0 saturated carbocycles. The molecule has 2 heteroatoms. The Bertz CT molecular complexity index is 215. The van der Waals surface area contributed by atoms with Crippen molar-refractivity contribution in [1.29, 1.82) is 0 Å². The fourth-order valence-electron chi connectivity index (χ4n) is 0.380. The molecule has 0 aromatic rings. The fraction of sp³-hybridized carbons (Fsp3) is 0.333. The van der Waals surface area contributed by atoms with Gasteiger partial charge < -0.3 is 9.73 Å². The molecule has 0 atom stereocenters. The van der Waals surface area contributed by atoms with Gasteiger partial charge in [-0.05, 0) is 26.2 Å². The monoisotopic (exact) mass is 111 g/mol. The molecule has 1 heterocycles. The van der Waals surface area contributed by atoms with Crippen LogP contribution in [0.5, 0.6) is 0 Å². The molecule has 0 aromatic carbocycles. The molecule has 1 aliphatic carbocycles. The number of furan rings is 1. The zero-order valence-corrected chi connectivity index (χ0v) is 5.06. The van der Waals surface area contributed by atoms with Crippen molar-refractivity contribution >= 4 is 0 Å². The van der Waals surface area contributed by atoms with E-state index in [-0.39, 0.29) is 0 Å². The van der Waals surface area contributed by atoms with Gasteiger partial charge in [-0.2, -0.15) is 0 Å². The van der Waals surface area contributed by atoms with E-state index < -0.39 is 0 Å². The highest BCUT2D eigenvalue weighted by Gasteiger charge is 1.99. The highest BCUT2D eigenvalue weighted by Crippen LogP contribution is 2.08. The number of hydrogen-bond donors (Lipinski definition) is 1. The third-order valence-electron chi connectivity index (χ3n) is 0.807. The minimum absolute atomic E-state index is 1.09. The zero-order valence-electron chi connectivity index (χ0n) is 5.06. The smallest absolute Gasteiger partial charge is 0.170 e. The van der Waals surface area contributed by atoms with Crippen molar-refractivity contribution in [1.82, 2.24) is 5.32 Å². The van der Waals surface area contributed by atoms with E-state index in [2.05, 4.69) is 5.32 Å². The first-order valence-corrected chi connectivity index (χ1v) is 2.57. The van der Waals surface area contributed by atoms with Gasteiger partial charge in [0.05, 0.1) is 0 Å². The lowest BCUT2D eigenvalue weighted by atomic mass is 10.4. The van der Waals surface area contributed by atoms with Crippen molar-refractivity contribution < 1.29 is 4.42 Å². The molecule has 1 aliphatic heterocycles. The van der Waals surface area contributed by atoms with Gasteiger partial charge in [-0.1, -0.05) is 0 Å². The van der Waals surface area contributed by atoms with Gasteiger partial charge in [0.15, 0.2) is 10.8 Å². The molecule has 2 rings (SSSR count). The predicted molar refractivity (Wildman–Crippen MR) is 31.4 cm³/mol. The van der Waals surface area contributed by atoms with Crippen molar-refractivity contribution in [3.8, 4) is 0 Å². The summed E-state index contributed by atoms with van der Waals surface area (Å²) >= 11 is 0. The Morgan fingerprint density at radius 1 is 1.25 bits per heavy atom. The standard InChI is InChI=1S/C4H2O.C2H7N/c1-2-4-3(1)5-4;1-3-2/h1-2H;3H,1-2H3. The van der Waals surface area contributed by atoms with E-state index in [1.54, 1.807) is 0 Å². The summed E-state index contributed by atoms with van der Waals surface area (Å²) in [5, 5.41) is 2.75. The summed E-state index contributed by atoms with van der Waals surface area (Å²) in [5.74, 6) is 0. The van der Waals surface area contributed by atoms with Crippen molar-refractivity contribution in [3.05, 3.63) is 23.0 Å². The fourth-order valence-corrected chi connectivity index (χ4v) is 0.380. The second-order valence-electron chi connectivity index (χ2n) is 1.66. The lowest BCUT2D eigenvalue weighted by Crippen LogP contribution is -1.89. The Kier molecular flexibility index (Phi) is 1.35. The molecule has 0 amide bonds. The molecule has 8 heavy (non-hydrogen) atoms. The summed E-state index contributed by atoms with van der Waals surface area (Å²) in [6, 6.07) is 3.91. The third kappa shape index (κ3) is 0.898. The minimum atomic E-state index is 1.09. The molecular weight excluding hydrogens is 102 g/mol. The van der Waals surface area contributed by atoms with Crippen LogP contribution in [-0.4, -0.2) is 14.1 Å². The van der Waals surface area contributed by atoms with E-state index in [1.807, 2.05) is 26.2 Å². The molecule has 1 N–H and O–H groups in total. The van der Waals surface area contributed by atoms with Crippen LogP contribution in [0, 0.1) is 10.8 Å². The van der Waals surface area contributed by atoms with E-state index >= 15 is 0 Å². The average Bonchev–Trinajstić information content (AvgIpc) is 2.16. The summed E-state index contributed by atoms with van der Waals surface area (Å²) < 4.78 is 4.75. The van der Waals surface area contributed by atoms with E-state index in [4.69, 9.17) is 4.42 Å². The van der Waals surface area contributed by atoms with Gasteiger partial charge in [-0.25, -0.2) is 0 Å². The van der Waals surface area contributed by atoms with Crippen molar-refractivity contribution in [2.24, 2.45) is 0 Å². The van der Waals surface area contributed by atoms with Crippen LogP contribution in [0.2, 0.25) is 0 Å². The Balaban J connectivity index is 0.0000000960. The molecule has 2 aliphatic rings. The quantitative estimate of drug-likeness (QED) is 0.541.